The van der Waals surface area contributed by atoms with Crippen molar-refractivity contribution in [3.05, 3.63) is 81.6 Å². The molecule has 0 bridgehead atoms. The normalized spacial score (nSPS) is 10.9. The lowest BCUT2D eigenvalue weighted by molar-refractivity contribution is -0.384. The summed E-state index contributed by atoms with van der Waals surface area (Å²) >= 11 is 6.13. The number of nitrogens with one attached hydrogen (secondary N) is 1. The fourth-order valence-corrected chi connectivity index (χ4v) is 2.28. The third-order valence-corrected chi connectivity index (χ3v) is 3.56. The second kappa shape index (κ2) is 6.97. The topological polar surface area (TPSA) is 80.7 Å². The summed E-state index contributed by atoms with van der Waals surface area (Å²) in [6.07, 6.45) is 1.52. The fourth-order valence-electron chi connectivity index (χ4n) is 2.06. The van der Waals surface area contributed by atoms with Gasteiger partial charge in [-0.1, -0.05) is 23.7 Å². The van der Waals surface area contributed by atoms with Gasteiger partial charge in [-0.15, -0.1) is 0 Å². The van der Waals surface area contributed by atoms with E-state index in [0.717, 1.165) is 5.56 Å². The molecular formula is C17H12ClN3O3. The minimum absolute atomic E-state index is 0.0277. The number of nitrogens with zero attached hydrogens (tertiary/aromatic N) is 2. The summed E-state index contributed by atoms with van der Waals surface area (Å²) in [6.45, 7) is 0. The molecule has 3 aromatic rings. The van der Waals surface area contributed by atoms with Gasteiger partial charge < -0.3 is 4.42 Å². The first-order valence-electron chi connectivity index (χ1n) is 7.02. The summed E-state index contributed by atoms with van der Waals surface area (Å²) in [5.41, 5.74) is 4.25. The van der Waals surface area contributed by atoms with Crippen LogP contribution < -0.4 is 5.43 Å². The van der Waals surface area contributed by atoms with Gasteiger partial charge in [0.15, 0.2) is 0 Å². The van der Waals surface area contributed by atoms with E-state index in [1.165, 1.54) is 18.3 Å². The van der Waals surface area contributed by atoms with Crippen LogP contribution >= 0.6 is 11.6 Å². The number of hydrazone groups is 1. The van der Waals surface area contributed by atoms with Crippen molar-refractivity contribution in [1.29, 1.82) is 0 Å². The Morgan fingerprint density at radius 2 is 1.83 bits per heavy atom. The van der Waals surface area contributed by atoms with Gasteiger partial charge in [-0.05, 0) is 36.4 Å². The Hall–Kier alpha value is -3.12. The average Bonchev–Trinajstić information content (AvgIpc) is 3.04. The largest absolute Gasteiger partial charge is 0.455 e. The predicted molar refractivity (Wildman–Crippen MR) is 93.5 cm³/mol. The number of hydrogen-bond donors (Lipinski definition) is 1. The number of nitro benzene ring substituents is 1. The van der Waals surface area contributed by atoms with Crippen molar-refractivity contribution in [3.8, 4) is 11.3 Å². The van der Waals surface area contributed by atoms with Crippen molar-refractivity contribution in [1.82, 2.24) is 0 Å². The molecular weight excluding hydrogens is 330 g/mol. The monoisotopic (exact) mass is 341 g/mol. The molecule has 0 atom stereocenters. The molecule has 7 heteroatoms. The zero-order valence-electron chi connectivity index (χ0n) is 12.3. The van der Waals surface area contributed by atoms with Gasteiger partial charge in [0.25, 0.3) is 5.69 Å². The highest BCUT2D eigenvalue weighted by Crippen LogP contribution is 2.28. The summed E-state index contributed by atoms with van der Waals surface area (Å²) < 4.78 is 5.68. The first kappa shape index (κ1) is 15.8. The number of anilines is 1. The summed E-state index contributed by atoms with van der Waals surface area (Å²) in [5.74, 6) is 1.21. The molecule has 2 aromatic carbocycles. The minimum atomic E-state index is -0.452. The number of furan rings is 1. The molecule has 24 heavy (non-hydrogen) atoms. The van der Waals surface area contributed by atoms with Crippen LogP contribution in [0.2, 0.25) is 5.02 Å². The van der Waals surface area contributed by atoms with Crippen LogP contribution in [-0.4, -0.2) is 11.1 Å². The molecule has 6 nitrogen and oxygen atoms in total. The maximum absolute atomic E-state index is 10.6. The van der Waals surface area contributed by atoms with Gasteiger partial charge in [0.2, 0.25) is 0 Å². The van der Waals surface area contributed by atoms with Crippen LogP contribution in [-0.2, 0) is 0 Å². The van der Waals surface area contributed by atoms with E-state index >= 15 is 0 Å². The van der Waals surface area contributed by atoms with Crippen LogP contribution in [0.25, 0.3) is 11.3 Å². The zero-order valence-corrected chi connectivity index (χ0v) is 13.1. The van der Waals surface area contributed by atoms with Crippen LogP contribution in [0.3, 0.4) is 0 Å². The Kier molecular flexibility index (Phi) is 4.58. The zero-order chi connectivity index (χ0) is 16.9. The summed E-state index contributed by atoms with van der Waals surface area (Å²) in [4.78, 5) is 10.1. The number of halogens is 1. The van der Waals surface area contributed by atoms with Gasteiger partial charge in [0.05, 0.1) is 21.8 Å². The maximum atomic E-state index is 10.6. The summed E-state index contributed by atoms with van der Waals surface area (Å²) in [5, 5.41) is 15.2. The highest BCUT2D eigenvalue weighted by Gasteiger charge is 2.07. The minimum Gasteiger partial charge on any atom is -0.455 e. The first-order chi connectivity index (χ1) is 11.6. The highest BCUT2D eigenvalue weighted by atomic mass is 35.5. The molecule has 0 aliphatic carbocycles. The third kappa shape index (κ3) is 3.61. The Bertz CT molecular complexity index is 888. The lowest BCUT2D eigenvalue weighted by Crippen LogP contribution is -1.91. The molecule has 0 spiro atoms. The van der Waals surface area contributed by atoms with E-state index in [1.807, 2.05) is 24.3 Å². The molecule has 3 rings (SSSR count). The number of rotatable bonds is 5. The van der Waals surface area contributed by atoms with Crippen molar-refractivity contribution in [2.45, 2.75) is 0 Å². The van der Waals surface area contributed by atoms with Crippen molar-refractivity contribution in [2.24, 2.45) is 5.10 Å². The summed E-state index contributed by atoms with van der Waals surface area (Å²) in [6, 6.07) is 17.0. The Balaban J connectivity index is 1.67. The Morgan fingerprint density at radius 1 is 1.08 bits per heavy atom. The number of nitro groups is 1. The van der Waals surface area contributed by atoms with E-state index in [0.29, 0.717) is 22.2 Å². The highest BCUT2D eigenvalue weighted by molar-refractivity contribution is 6.33. The van der Waals surface area contributed by atoms with Gasteiger partial charge in [0, 0.05) is 17.7 Å². The standard InChI is InChI=1S/C17H12ClN3O3/c18-16-4-2-1-3-15(16)17-10-9-14(24-17)11-19-20-12-5-7-13(8-6-12)21(22)23/h1-11,20H/b19-11-. The lowest BCUT2D eigenvalue weighted by atomic mass is 10.2. The predicted octanol–water partition coefficient (Wildman–Crippen LogP) is 4.95. The molecule has 0 amide bonds. The molecule has 0 unspecified atom stereocenters. The van der Waals surface area contributed by atoms with E-state index in [1.54, 1.807) is 24.3 Å². The second-order valence-corrected chi connectivity index (χ2v) is 5.26. The van der Waals surface area contributed by atoms with Crippen LogP contribution in [0.4, 0.5) is 11.4 Å². The quantitative estimate of drug-likeness (QED) is 0.404. The second-order valence-electron chi connectivity index (χ2n) is 4.86. The molecule has 0 saturated heterocycles. The van der Waals surface area contributed by atoms with Crippen LogP contribution in [0, 0.1) is 10.1 Å². The van der Waals surface area contributed by atoms with E-state index in [2.05, 4.69) is 10.5 Å². The maximum Gasteiger partial charge on any atom is 0.269 e. The average molecular weight is 342 g/mol. The van der Waals surface area contributed by atoms with E-state index < -0.39 is 4.92 Å². The van der Waals surface area contributed by atoms with E-state index in [-0.39, 0.29) is 5.69 Å². The molecule has 0 aliphatic rings. The van der Waals surface area contributed by atoms with Crippen molar-refractivity contribution >= 4 is 29.2 Å². The number of non-ortho nitro benzene ring substituents is 1. The van der Waals surface area contributed by atoms with Gasteiger partial charge >= 0.3 is 0 Å². The smallest absolute Gasteiger partial charge is 0.269 e. The van der Waals surface area contributed by atoms with Crippen molar-refractivity contribution < 1.29 is 9.34 Å². The van der Waals surface area contributed by atoms with E-state index in [4.69, 9.17) is 16.0 Å². The van der Waals surface area contributed by atoms with Gasteiger partial charge in [0.1, 0.15) is 11.5 Å². The molecule has 0 radical (unpaired) electrons. The first-order valence-corrected chi connectivity index (χ1v) is 7.39. The van der Waals surface area contributed by atoms with Crippen LogP contribution in [0.5, 0.6) is 0 Å². The van der Waals surface area contributed by atoms with Crippen molar-refractivity contribution in [3.63, 3.8) is 0 Å². The third-order valence-electron chi connectivity index (χ3n) is 3.23. The van der Waals surface area contributed by atoms with Gasteiger partial charge in [-0.3, -0.25) is 15.5 Å². The van der Waals surface area contributed by atoms with Gasteiger partial charge in [-0.25, -0.2) is 0 Å². The molecule has 0 fully saturated rings. The Morgan fingerprint density at radius 3 is 2.54 bits per heavy atom. The van der Waals surface area contributed by atoms with Crippen LogP contribution in [0.1, 0.15) is 5.76 Å². The summed E-state index contributed by atoms with van der Waals surface area (Å²) in [7, 11) is 0. The van der Waals surface area contributed by atoms with E-state index in [9.17, 15) is 10.1 Å². The molecule has 120 valence electrons. The SMILES string of the molecule is O=[N+]([O-])c1ccc(N/N=C\c2ccc(-c3ccccc3Cl)o2)cc1. The molecule has 1 N–H and O–H groups in total. The number of hydrogen-bond acceptors (Lipinski definition) is 5. The molecule has 1 heterocycles. The number of benzene rings is 2. The fraction of sp³-hybridized carbons (Fsp3) is 0. The molecule has 1 aromatic heterocycles. The van der Waals surface area contributed by atoms with Crippen molar-refractivity contribution in [2.75, 3.05) is 5.43 Å². The molecule has 0 aliphatic heterocycles. The van der Waals surface area contributed by atoms with Gasteiger partial charge in [-0.2, -0.15) is 5.10 Å². The molecule has 0 saturated carbocycles. The lowest BCUT2D eigenvalue weighted by Gasteiger charge is -1.99. The Labute approximate surface area is 142 Å². The van der Waals surface area contributed by atoms with Crippen LogP contribution in [0.15, 0.2) is 70.2 Å².